The van der Waals surface area contributed by atoms with Gasteiger partial charge in [-0.3, -0.25) is 0 Å². The lowest BCUT2D eigenvalue weighted by Crippen LogP contribution is -2.44. The van der Waals surface area contributed by atoms with Gasteiger partial charge in [-0.25, -0.2) is 0 Å². The van der Waals surface area contributed by atoms with Crippen LogP contribution in [0.5, 0.6) is 0 Å². The van der Waals surface area contributed by atoms with Crippen LogP contribution in [-0.4, -0.2) is 16.6 Å². The van der Waals surface area contributed by atoms with Gasteiger partial charge in [0, 0.05) is 78.0 Å². The SMILES string of the molecule is CCCCCCCCCCCC[Si](C)(C)O[Si](C)(C)CCCCCCCCCCCc1ccc(-c2ccc(-c3ccc(-c4ccc(CCCCCC)s4)s3)s2)s1.CCCCCCc1ccc(-c2ccc(-c3ccc(-c4ccc(C)s4)s3)s2)s1. The van der Waals surface area contributed by atoms with Crippen molar-refractivity contribution in [3.63, 3.8) is 0 Å². The van der Waals surface area contributed by atoms with E-state index in [9.17, 15) is 0 Å². The van der Waals surface area contributed by atoms with E-state index in [-0.39, 0.29) is 0 Å². The van der Waals surface area contributed by atoms with Gasteiger partial charge < -0.3 is 4.12 Å². The summed E-state index contributed by atoms with van der Waals surface area (Å²) in [5, 5.41) is 0. The van der Waals surface area contributed by atoms with Crippen LogP contribution in [0.15, 0.2) is 97.1 Å². The third kappa shape index (κ3) is 24.8. The van der Waals surface area contributed by atoms with Gasteiger partial charge in [0.25, 0.3) is 0 Å². The first kappa shape index (κ1) is 68.5. The molecule has 0 spiro atoms. The zero-order chi connectivity index (χ0) is 58.5. The minimum atomic E-state index is -1.54. The predicted molar refractivity (Wildman–Crippen MR) is 392 cm³/mol. The number of hydrogen-bond acceptors (Lipinski definition) is 9. The van der Waals surface area contributed by atoms with E-state index in [2.05, 4.69) is 151 Å². The zero-order valence-corrected chi connectivity index (χ0v) is 61.1. The number of rotatable bonds is 41. The van der Waals surface area contributed by atoms with Crippen molar-refractivity contribution >= 4 is 107 Å². The highest BCUT2D eigenvalue weighted by Crippen LogP contribution is 2.45. The maximum Gasteiger partial charge on any atom is 0.173 e. The van der Waals surface area contributed by atoms with Gasteiger partial charge in [-0.15, -0.1) is 90.7 Å². The average molecular weight is 1300 g/mol. The molecule has 454 valence electrons. The van der Waals surface area contributed by atoms with Crippen molar-refractivity contribution in [3.05, 3.63) is 117 Å². The lowest BCUT2D eigenvalue weighted by molar-refractivity contribution is 0.515. The first-order valence-corrected chi connectivity index (χ1v) is 45.6. The molecular formula is C72H104OS8Si2. The van der Waals surface area contributed by atoms with Crippen LogP contribution < -0.4 is 0 Å². The molecule has 8 rings (SSSR count). The molecule has 0 atom stereocenters. The molecule has 0 aliphatic carbocycles. The third-order valence-electron chi connectivity index (χ3n) is 16.0. The lowest BCUT2D eigenvalue weighted by atomic mass is 10.1. The Bertz CT molecular complexity index is 2960. The minimum Gasteiger partial charge on any atom is -0.455 e. The van der Waals surface area contributed by atoms with Gasteiger partial charge in [0.2, 0.25) is 0 Å². The predicted octanol–water partition coefficient (Wildman–Crippen LogP) is 28.8. The second-order valence-corrected chi connectivity index (χ2v) is 42.7. The van der Waals surface area contributed by atoms with E-state index in [0.717, 1.165) is 0 Å². The first-order chi connectivity index (χ1) is 40.4. The van der Waals surface area contributed by atoms with Crippen LogP contribution in [0.2, 0.25) is 38.3 Å². The Morgan fingerprint density at radius 3 is 0.747 bits per heavy atom. The van der Waals surface area contributed by atoms with Crippen molar-refractivity contribution < 1.29 is 4.12 Å². The maximum atomic E-state index is 6.97. The Hall–Kier alpha value is -2.01. The summed E-state index contributed by atoms with van der Waals surface area (Å²) in [5.74, 6) is 0. The quantitative estimate of drug-likeness (QED) is 0.0274. The lowest BCUT2D eigenvalue weighted by Gasteiger charge is -2.34. The van der Waals surface area contributed by atoms with Gasteiger partial charge in [0.1, 0.15) is 0 Å². The Labute approximate surface area is 540 Å². The number of hydrogen-bond donors (Lipinski definition) is 0. The smallest absolute Gasteiger partial charge is 0.173 e. The summed E-state index contributed by atoms with van der Waals surface area (Å²) in [4.78, 5) is 22.8. The molecule has 0 amide bonds. The standard InChI is InChI=1S/C49H80OS4Si2.C23H24S4/c1-7-9-11-13-14-15-18-21-24-28-40-55(3,4)50-56(5,6)41-29-25-22-19-16-17-20-23-27-31-43-33-35-45(52-43)47-37-39-49(54-47)48-38-36-46(53-48)44-34-32-42(51-44)30-26-12-10-8-2;1-3-4-5-6-7-17-9-11-19(25-17)21-13-15-23(27-21)22-14-12-20(26-22)18-10-8-16(2)24-18/h32-39H,7-31,40-41H2,1-6H3;8-15H,3-7H2,1-2H3. The number of aryl methyl sites for hydroxylation is 4. The molecule has 0 saturated heterocycles. The van der Waals surface area contributed by atoms with Crippen molar-refractivity contribution in [2.75, 3.05) is 0 Å². The Kier molecular flexibility index (Phi) is 31.1. The van der Waals surface area contributed by atoms with Crippen molar-refractivity contribution in [2.45, 2.75) is 259 Å². The van der Waals surface area contributed by atoms with Gasteiger partial charge in [0.15, 0.2) is 16.6 Å². The van der Waals surface area contributed by atoms with E-state index >= 15 is 0 Å². The fourth-order valence-electron chi connectivity index (χ4n) is 11.3. The van der Waals surface area contributed by atoms with Crippen molar-refractivity contribution in [1.82, 2.24) is 0 Å². The highest BCUT2D eigenvalue weighted by molar-refractivity contribution is 7.29. The van der Waals surface area contributed by atoms with E-state index in [4.69, 9.17) is 4.12 Å². The molecule has 8 heterocycles. The summed E-state index contributed by atoms with van der Waals surface area (Å²) in [7, 11) is -3.06. The second kappa shape index (κ2) is 37.7. The topological polar surface area (TPSA) is 9.23 Å². The van der Waals surface area contributed by atoms with Gasteiger partial charge in [-0.1, -0.05) is 175 Å². The summed E-state index contributed by atoms with van der Waals surface area (Å²) in [5.41, 5.74) is 0. The molecule has 8 aromatic heterocycles. The van der Waals surface area contributed by atoms with Crippen LogP contribution in [-0.2, 0) is 23.4 Å². The average Bonchev–Trinajstić information content (AvgIpc) is 4.53. The highest BCUT2D eigenvalue weighted by atomic mass is 32.1. The molecule has 8 aromatic rings. The second-order valence-electron chi connectivity index (χ2n) is 24.7. The Morgan fingerprint density at radius 1 is 0.253 bits per heavy atom. The van der Waals surface area contributed by atoms with E-state index in [1.165, 1.54) is 278 Å². The molecular weight excluding hydrogens is 1190 g/mol. The molecule has 11 heteroatoms. The van der Waals surface area contributed by atoms with Gasteiger partial charge in [-0.2, -0.15) is 0 Å². The number of unbranched alkanes of at least 4 members (excludes halogenated alkanes) is 23. The van der Waals surface area contributed by atoms with Crippen molar-refractivity contribution in [3.8, 4) is 58.5 Å². The van der Waals surface area contributed by atoms with E-state index in [1.807, 2.05) is 90.7 Å². The molecule has 0 radical (unpaired) electrons. The largest absolute Gasteiger partial charge is 0.455 e. The molecule has 0 aromatic carbocycles. The summed E-state index contributed by atoms with van der Waals surface area (Å²) in [6.45, 7) is 19.0. The first-order valence-electron chi connectivity index (χ1n) is 32.8. The fraction of sp³-hybridized carbons (Fsp3) is 0.556. The Balaban J connectivity index is 0.000000303. The van der Waals surface area contributed by atoms with Crippen molar-refractivity contribution in [1.29, 1.82) is 0 Å². The fourth-order valence-corrected chi connectivity index (χ4v) is 28.9. The summed E-state index contributed by atoms with van der Waals surface area (Å²) >= 11 is 15.6. The molecule has 0 saturated carbocycles. The van der Waals surface area contributed by atoms with Crippen molar-refractivity contribution in [2.24, 2.45) is 0 Å². The molecule has 0 unspecified atom stereocenters. The molecule has 0 bridgehead atoms. The molecule has 0 N–H and O–H groups in total. The van der Waals surface area contributed by atoms with E-state index < -0.39 is 16.6 Å². The van der Waals surface area contributed by atoms with Crippen LogP contribution in [0, 0.1) is 6.92 Å². The van der Waals surface area contributed by atoms with Gasteiger partial charge in [-0.05, 0) is 181 Å². The summed E-state index contributed by atoms with van der Waals surface area (Å²) in [6, 6.07) is 39.7. The van der Waals surface area contributed by atoms with Crippen LogP contribution in [0.1, 0.15) is 214 Å². The zero-order valence-electron chi connectivity index (χ0n) is 52.5. The molecule has 0 aliphatic heterocycles. The van der Waals surface area contributed by atoms with Gasteiger partial charge in [0.05, 0.1) is 0 Å². The highest BCUT2D eigenvalue weighted by Gasteiger charge is 2.32. The normalized spacial score (nSPS) is 12.0. The third-order valence-corrected chi connectivity index (χ3v) is 33.5. The monoisotopic (exact) mass is 1300 g/mol. The minimum absolute atomic E-state index is 1.23. The van der Waals surface area contributed by atoms with Crippen LogP contribution in [0.25, 0.3) is 58.5 Å². The van der Waals surface area contributed by atoms with Crippen LogP contribution in [0.3, 0.4) is 0 Å². The number of thiophene rings is 8. The van der Waals surface area contributed by atoms with E-state index in [1.54, 1.807) is 4.88 Å². The van der Waals surface area contributed by atoms with Gasteiger partial charge >= 0.3 is 0 Å². The van der Waals surface area contributed by atoms with E-state index in [0.29, 0.717) is 0 Å². The van der Waals surface area contributed by atoms with Crippen LogP contribution in [0.4, 0.5) is 0 Å². The maximum absolute atomic E-state index is 6.97. The molecule has 1 nitrogen and oxygen atoms in total. The molecule has 0 fully saturated rings. The summed E-state index contributed by atoms with van der Waals surface area (Å²) < 4.78 is 6.97. The molecule has 0 aliphatic rings. The molecule has 83 heavy (non-hydrogen) atoms. The van der Waals surface area contributed by atoms with Crippen LogP contribution >= 0.6 is 90.7 Å². The Morgan fingerprint density at radius 2 is 0.470 bits per heavy atom. The summed E-state index contributed by atoms with van der Waals surface area (Å²) in [6.07, 6.45) is 41.2.